The van der Waals surface area contributed by atoms with Crippen LogP contribution in [0, 0.1) is 6.92 Å². The number of hydrogen-bond donors (Lipinski definition) is 1. The number of rotatable bonds is 5. The van der Waals surface area contributed by atoms with Crippen molar-refractivity contribution in [1.29, 1.82) is 0 Å². The van der Waals surface area contributed by atoms with Crippen LogP contribution in [-0.2, 0) is 14.8 Å². The molecule has 30 heavy (non-hydrogen) atoms. The van der Waals surface area contributed by atoms with Crippen LogP contribution in [0.3, 0.4) is 0 Å². The van der Waals surface area contributed by atoms with Gasteiger partial charge >= 0.3 is 6.01 Å². The molecule has 3 aromatic rings. The fraction of sp³-hybridized carbons (Fsp3) is 0.250. The zero-order valence-electron chi connectivity index (χ0n) is 16.2. The van der Waals surface area contributed by atoms with Crippen LogP contribution in [0.4, 0.5) is 6.01 Å². The van der Waals surface area contributed by atoms with E-state index in [-0.39, 0.29) is 22.4 Å². The molecule has 0 atom stereocenters. The number of aromatic nitrogens is 2. The number of nitrogens with one attached hydrogen (secondary N) is 1. The van der Waals surface area contributed by atoms with Gasteiger partial charge in [0.25, 0.3) is 5.91 Å². The third kappa shape index (κ3) is 4.25. The molecule has 0 unspecified atom stereocenters. The van der Waals surface area contributed by atoms with Gasteiger partial charge < -0.3 is 9.15 Å². The molecule has 0 spiro atoms. The van der Waals surface area contributed by atoms with E-state index in [9.17, 15) is 13.2 Å². The molecule has 4 rings (SSSR count). The zero-order valence-corrected chi connectivity index (χ0v) is 17.1. The van der Waals surface area contributed by atoms with E-state index in [0.29, 0.717) is 26.3 Å². The number of aryl methyl sites for hydroxylation is 1. The largest absolute Gasteiger partial charge is 0.403 e. The number of carbonyl (C=O) groups is 1. The first kappa shape index (κ1) is 20.2. The van der Waals surface area contributed by atoms with Crippen LogP contribution in [0.2, 0.25) is 0 Å². The average molecular weight is 428 g/mol. The molecule has 10 heteroatoms. The normalized spacial score (nSPS) is 15.1. The molecular formula is C20H20N4O5S. The van der Waals surface area contributed by atoms with Crippen LogP contribution in [0.1, 0.15) is 15.9 Å². The monoisotopic (exact) mass is 428 g/mol. The van der Waals surface area contributed by atoms with Gasteiger partial charge in [-0.1, -0.05) is 22.8 Å². The Bertz CT molecular complexity index is 1130. The van der Waals surface area contributed by atoms with Crippen molar-refractivity contribution in [2.75, 3.05) is 31.6 Å². The van der Waals surface area contributed by atoms with E-state index in [4.69, 9.17) is 9.15 Å². The van der Waals surface area contributed by atoms with Crippen molar-refractivity contribution in [1.82, 2.24) is 14.5 Å². The zero-order chi connectivity index (χ0) is 21.1. The lowest BCUT2D eigenvalue weighted by Crippen LogP contribution is -2.40. The number of nitrogens with zero attached hydrogens (tertiary/aromatic N) is 3. The van der Waals surface area contributed by atoms with Crippen molar-refractivity contribution in [3.8, 4) is 11.5 Å². The molecule has 1 fully saturated rings. The number of anilines is 1. The van der Waals surface area contributed by atoms with Crippen molar-refractivity contribution in [2.45, 2.75) is 11.8 Å². The lowest BCUT2D eigenvalue weighted by molar-refractivity contribution is 0.0730. The summed E-state index contributed by atoms with van der Waals surface area (Å²) < 4.78 is 37.4. The Morgan fingerprint density at radius 1 is 1.00 bits per heavy atom. The molecule has 1 aliphatic heterocycles. The third-order valence-electron chi connectivity index (χ3n) is 4.67. The highest BCUT2D eigenvalue weighted by atomic mass is 32.2. The summed E-state index contributed by atoms with van der Waals surface area (Å²) in [5, 5.41) is 10.3. The SMILES string of the molecule is Cc1ccc(-c2nnc(NC(=O)c3ccc(S(=O)(=O)N4CCOCC4)cc3)o2)cc1. The standard InChI is InChI=1S/C20H20N4O5S/c1-14-2-4-16(5-3-14)19-22-23-20(29-19)21-18(25)15-6-8-17(9-7-15)30(26,27)24-10-12-28-13-11-24/h2-9H,10-13H2,1H3,(H,21,23,25). The molecule has 0 radical (unpaired) electrons. The third-order valence-corrected chi connectivity index (χ3v) is 6.58. The maximum atomic E-state index is 12.7. The number of morpholine rings is 1. The average Bonchev–Trinajstić information content (AvgIpc) is 3.23. The van der Waals surface area contributed by atoms with Gasteiger partial charge in [0.2, 0.25) is 15.9 Å². The molecule has 1 aromatic heterocycles. The molecule has 0 saturated carbocycles. The Labute approximate surface area is 173 Å². The fourth-order valence-corrected chi connectivity index (χ4v) is 4.38. The van der Waals surface area contributed by atoms with Crippen LogP contribution in [0.25, 0.3) is 11.5 Å². The number of hydrogen-bond acceptors (Lipinski definition) is 7. The Kier molecular flexibility index (Phi) is 5.62. The molecule has 2 aromatic carbocycles. The van der Waals surface area contributed by atoms with E-state index < -0.39 is 15.9 Å². The van der Waals surface area contributed by atoms with E-state index in [1.807, 2.05) is 31.2 Å². The molecular weight excluding hydrogens is 408 g/mol. The minimum atomic E-state index is -3.61. The molecule has 1 N–H and O–H groups in total. The molecule has 9 nitrogen and oxygen atoms in total. The first-order chi connectivity index (χ1) is 14.4. The second kappa shape index (κ2) is 8.34. The number of carbonyl (C=O) groups excluding carboxylic acids is 1. The van der Waals surface area contributed by atoms with E-state index in [2.05, 4.69) is 15.5 Å². The van der Waals surface area contributed by atoms with Gasteiger partial charge in [0, 0.05) is 24.2 Å². The molecule has 1 amide bonds. The molecule has 0 aliphatic carbocycles. The molecule has 0 bridgehead atoms. The highest BCUT2D eigenvalue weighted by Gasteiger charge is 2.26. The summed E-state index contributed by atoms with van der Waals surface area (Å²) in [5.41, 5.74) is 2.11. The fourth-order valence-electron chi connectivity index (χ4n) is 2.97. The predicted molar refractivity (Wildman–Crippen MR) is 108 cm³/mol. The summed E-state index contributed by atoms with van der Waals surface area (Å²) in [7, 11) is -3.61. The summed E-state index contributed by atoms with van der Waals surface area (Å²) in [6, 6.07) is 13.2. The van der Waals surface area contributed by atoms with Crippen molar-refractivity contribution in [3.05, 3.63) is 59.7 Å². The highest BCUT2D eigenvalue weighted by Crippen LogP contribution is 2.21. The summed E-state index contributed by atoms with van der Waals surface area (Å²) >= 11 is 0. The lowest BCUT2D eigenvalue weighted by atomic mass is 10.1. The van der Waals surface area contributed by atoms with E-state index in [1.165, 1.54) is 28.6 Å². The van der Waals surface area contributed by atoms with Gasteiger partial charge in [-0.15, -0.1) is 5.10 Å². The maximum absolute atomic E-state index is 12.7. The van der Waals surface area contributed by atoms with Crippen molar-refractivity contribution >= 4 is 21.9 Å². The minimum Gasteiger partial charge on any atom is -0.403 e. The first-order valence-electron chi connectivity index (χ1n) is 9.33. The van der Waals surface area contributed by atoms with Crippen LogP contribution in [0.15, 0.2) is 57.8 Å². The van der Waals surface area contributed by atoms with Gasteiger partial charge in [-0.2, -0.15) is 4.31 Å². The van der Waals surface area contributed by atoms with Crippen molar-refractivity contribution in [2.24, 2.45) is 0 Å². The van der Waals surface area contributed by atoms with Gasteiger partial charge in [-0.25, -0.2) is 8.42 Å². The number of ether oxygens (including phenoxy) is 1. The number of benzene rings is 2. The van der Waals surface area contributed by atoms with Crippen molar-refractivity contribution in [3.63, 3.8) is 0 Å². The molecule has 2 heterocycles. The van der Waals surface area contributed by atoms with Gasteiger partial charge in [0.05, 0.1) is 18.1 Å². The second-order valence-corrected chi connectivity index (χ2v) is 8.71. The van der Waals surface area contributed by atoms with E-state index in [0.717, 1.165) is 11.1 Å². The van der Waals surface area contributed by atoms with E-state index >= 15 is 0 Å². The molecule has 156 valence electrons. The summed E-state index contributed by atoms with van der Waals surface area (Å²) in [6.07, 6.45) is 0. The molecule has 1 aliphatic rings. The smallest absolute Gasteiger partial charge is 0.322 e. The second-order valence-electron chi connectivity index (χ2n) is 6.77. The van der Waals surface area contributed by atoms with Crippen LogP contribution in [-0.4, -0.2) is 55.1 Å². The quantitative estimate of drug-likeness (QED) is 0.663. The van der Waals surface area contributed by atoms with Gasteiger partial charge in [-0.3, -0.25) is 10.1 Å². The maximum Gasteiger partial charge on any atom is 0.322 e. The predicted octanol–water partition coefficient (Wildman–Crippen LogP) is 2.32. The molecule has 1 saturated heterocycles. The Balaban J connectivity index is 1.45. The summed E-state index contributed by atoms with van der Waals surface area (Å²) in [4.78, 5) is 12.6. The lowest BCUT2D eigenvalue weighted by Gasteiger charge is -2.26. The van der Waals surface area contributed by atoms with E-state index in [1.54, 1.807) is 0 Å². The summed E-state index contributed by atoms with van der Waals surface area (Å²) in [5.74, 6) is -0.193. The Morgan fingerprint density at radius 3 is 2.33 bits per heavy atom. The topological polar surface area (TPSA) is 115 Å². The van der Waals surface area contributed by atoms with Crippen molar-refractivity contribution < 1.29 is 22.4 Å². The highest BCUT2D eigenvalue weighted by molar-refractivity contribution is 7.89. The van der Waals surface area contributed by atoms with Crippen LogP contribution < -0.4 is 5.32 Å². The van der Waals surface area contributed by atoms with Crippen LogP contribution >= 0.6 is 0 Å². The minimum absolute atomic E-state index is 0.0411. The van der Waals surface area contributed by atoms with Crippen LogP contribution in [0.5, 0.6) is 0 Å². The van der Waals surface area contributed by atoms with Gasteiger partial charge in [-0.05, 0) is 43.3 Å². The first-order valence-corrected chi connectivity index (χ1v) is 10.8. The number of amides is 1. The Morgan fingerprint density at radius 2 is 1.67 bits per heavy atom. The van der Waals surface area contributed by atoms with Gasteiger partial charge in [0.1, 0.15) is 0 Å². The Hall–Kier alpha value is -3.08. The number of sulfonamides is 1. The van der Waals surface area contributed by atoms with Gasteiger partial charge in [0.15, 0.2) is 0 Å². The summed E-state index contributed by atoms with van der Waals surface area (Å²) in [6.45, 7) is 3.33.